The summed E-state index contributed by atoms with van der Waals surface area (Å²) >= 11 is 0. The second kappa shape index (κ2) is 12.6. The smallest absolute Gasteiger partial charge is 0.328 e. The van der Waals surface area contributed by atoms with Crippen LogP contribution < -0.4 is 9.47 Å². The molecule has 7 atom stereocenters. The van der Waals surface area contributed by atoms with Crippen molar-refractivity contribution in [3.05, 3.63) is 30.0 Å². The number of carbonyl (C=O) groups is 3. The summed E-state index contributed by atoms with van der Waals surface area (Å²) in [5.41, 5.74) is 1.37. The molecule has 0 radical (unpaired) electrons. The van der Waals surface area contributed by atoms with Crippen molar-refractivity contribution in [1.82, 2.24) is 14.9 Å². The molecule has 0 spiro atoms. The molecule has 242 valence electrons. The molecule has 2 aromatic rings. The number of ether oxygens (including phenoxy) is 4. The first-order valence-corrected chi connectivity index (χ1v) is 16.3. The van der Waals surface area contributed by atoms with Crippen LogP contribution in [0.1, 0.15) is 77.8 Å². The van der Waals surface area contributed by atoms with Crippen molar-refractivity contribution in [2.24, 2.45) is 29.1 Å². The number of benzene rings is 1. The number of rotatable bonds is 2. The van der Waals surface area contributed by atoms with Crippen LogP contribution in [0, 0.1) is 29.1 Å². The van der Waals surface area contributed by atoms with Gasteiger partial charge in [0, 0.05) is 12.5 Å². The fourth-order valence-electron chi connectivity index (χ4n) is 7.94. The van der Waals surface area contributed by atoms with E-state index in [1.54, 1.807) is 7.11 Å². The van der Waals surface area contributed by atoms with Crippen molar-refractivity contribution in [1.29, 1.82) is 0 Å². The largest absolute Gasteiger partial charge is 0.497 e. The van der Waals surface area contributed by atoms with E-state index in [1.165, 1.54) is 18.4 Å². The van der Waals surface area contributed by atoms with Gasteiger partial charge in [-0.3, -0.25) is 9.59 Å². The van der Waals surface area contributed by atoms with Crippen LogP contribution in [0.3, 0.4) is 0 Å². The van der Waals surface area contributed by atoms with Crippen molar-refractivity contribution in [2.75, 3.05) is 20.8 Å². The van der Waals surface area contributed by atoms with E-state index in [2.05, 4.69) is 6.08 Å². The topological polar surface area (TPSA) is 117 Å². The molecule has 4 bridgehead atoms. The Balaban J connectivity index is 1.37. The summed E-state index contributed by atoms with van der Waals surface area (Å²) in [6.07, 6.45) is 9.77. The molecule has 4 aliphatic rings. The maximum absolute atomic E-state index is 14.3. The summed E-state index contributed by atoms with van der Waals surface area (Å²) < 4.78 is 23.2. The Morgan fingerprint density at radius 3 is 2.56 bits per heavy atom. The first kappa shape index (κ1) is 31.3. The van der Waals surface area contributed by atoms with E-state index < -0.39 is 29.4 Å². The zero-order valence-corrected chi connectivity index (χ0v) is 27.0. The zero-order valence-electron chi connectivity index (χ0n) is 27.0. The van der Waals surface area contributed by atoms with E-state index >= 15 is 0 Å². The molecule has 1 amide bonds. The second-order valence-corrected chi connectivity index (χ2v) is 14.2. The zero-order chi connectivity index (χ0) is 31.9. The molecule has 1 aromatic carbocycles. The molecule has 2 aliphatic heterocycles. The molecule has 2 saturated carbocycles. The Labute approximate surface area is 264 Å². The average molecular weight is 620 g/mol. The summed E-state index contributed by atoms with van der Waals surface area (Å²) in [7, 11) is 2.92. The lowest BCUT2D eigenvalue weighted by Gasteiger charge is -2.35. The quantitative estimate of drug-likeness (QED) is 0.409. The van der Waals surface area contributed by atoms with Gasteiger partial charge in [0.05, 0.1) is 44.1 Å². The van der Waals surface area contributed by atoms with Crippen molar-refractivity contribution in [2.45, 2.75) is 90.4 Å². The van der Waals surface area contributed by atoms with Crippen LogP contribution in [0.2, 0.25) is 0 Å². The third kappa shape index (κ3) is 6.38. The monoisotopic (exact) mass is 619 g/mol. The first-order chi connectivity index (χ1) is 21.5. The van der Waals surface area contributed by atoms with Crippen molar-refractivity contribution in [3.8, 4) is 11.6 Å². The van der Waals surface area contributed by atoms with Gasteiger partial charge in [0.15, 0.2) is 0 Å². The number of hydrogen-bond acceptors (Lipinski definition) is 9. The van der Waals surface area contributed by atoms with Crippen LogP contribution in [0.4, 0.5) is 0 Å². The van der Waals surface area contributed by atoms with Gasteiger partial charge in [-0.05, 0) is 79.9 Å². The van der Waals surface area contributed by atoms with E-state index in [-0.39, 0.29) is 37.4 Å². The van der Waals surface area contributed by atoms with Crippen LogP contribution >= 0.6 is 0 Å². The number of nitrogens with zero attached hydrogens (tertiary/aromatic N) is 3. The van der Waals surface area contributed by atoms with Crippen molar-refractivity contribution >= 4 is 35.0 Å². The number of fused-ring (bicyclic) bond motifs is 9. The summed E-state index contributed by atoms with van der Waals surface area (Å²) in [5, 5.41) is 0. The molecule has 1 saturated heterocycles. The number of allylic oxidation sites excluding steroid dienone is 1. The van der Waals surface area contributed by atoms with Crippen molar-refractivity contribution < 1.29 is 33.3 Å². The molecule has 1 aromatic heterocycles. The van der Waals surface area contributed by atoms with Crippen LogP contribution in [0.25, 0.3) is 17.1 Å². The van der Waals surface area contributed by atoms with E-state index in [9.17, 15) is 14.4 Å². The van der Waals surface area contributed by atoms with Gasteiger partial charge < -0.3 is 23.8 Å². The molecule has 10 nitrogen and oxygen atoms in total. The third-order valence-electron chi connectivity index (χ3n) is 10.3. The normalized spacial score (nSPS) is 31.3. The fourth-order valence-corrected chi connectivity index (χ4v) is 7.94. The second-order valence-electron chi connectivity index (χ2n) is 14.2. The lowest BCUT2D eigenvalue weighted by Crippen LogP contribution is -2.48. The highest BCUT2D eigenvalue weighted by molar-refractivity contribution is 5.89. The van der Waals surface area contributed by atoms with Gasteiger partial charge >= 0.3 is 11.9 Å². The number of carbonyl (C=O) groups excluding carboxylic acids is 3. The van der Waals surface area contributed by atoms with Gasteiger partial charge in [-0.1, -0.05) is 26.8 Å². The summed E-state index contributed by atoms with van der Waals surface area (Å²) in [6.45, 7) is 5.99. The predicted molar refractivity (Wildman–Crippen MR) is 167 cm³/mol. The van der Waals surface area contributed by atoms with Crippen LogP contribution in [0.5, 0.6) is 11.6 Å². The number of hydrogen-bond donors (Lipinski definition) is 0. The average Bonchev–Trinajstić information content (AvgIpc) is 3.74. The molecular weight excluding hydrogens is 574 g/mol. The Kier molecular flexibility index (Phi) is 8.76. The lowest BCUT2D eigenvalue weighted by atomic mass is 9.77. The molecule has 10 heteroatoms. The molecular formula is C35H45N3O7. The SMILES string of the molecule is COC(=O)[C@@H]1C[C@@H]2CN1C(=O)[C@H](C(C)(C)C)CC(=O)O[C@H]1[C@@H]3CC[C@@H](C3)[C@@H]1CCC/C=C/c1nc3ccc(OC)cc3nc1O2. The highest BCUT2D eigenvalue weighted by Crippen LogP contribution is 2.52. The number of aromatic nitrogens is 2. The standard InChI is InChI=1S/C35H45N3O7/c1-35(2,3)25-18-30(39)45-31-21-12-11-20(15-21)24(31)9-7-6-8-10-27-32(37-28-16-22(42-4)13-14-26(28)36-27)44-23-17-29(34(41)43-5)38(19-23)33(25)40/h8,10,13-14,16,20-21,23-25,29,31H,6-7,9,11-12,15,17-19H2,1-5H3/b10-8+/t20-,21+,23+,24-,25+,29-,31-/m0/s1. The molecule has 0 unspecified atom stereocenters. The van der Waals surface area contributed by atoms with Gasteiger partial charge in [0.2, 0.25) is 11.8 Å². The van der Waals surface area contributed by atoms with E-state index in [1.807, 2.05) is 45.0 Å². The highest BCUT2D eigenvalue weighted by Gasteiger charge is 2.50. The van der Waals surface area contributed by atoms with Crippen molar-refractivity contribution in [3.63, 3.8) is 0 Å². The highest BCUT2D eigenvalue weighted by atomic mass is 16.5. The maximum atomic E-state index is 14.3. The summed E-state index contributed by atoms with van der Waals surface area (Å²) in [4.78, 5) is 52.0. The number of methoxy groups -OCH3 is 2. The van der Waals surface area contributed by atoms with E-state index in [0.29, 0.717) is 46.1 Å². The molecule has 3 heterocycles. The summed E-state index contributed by atoms with van der Waals surface area (Å²) in [6, 6.07) is 4.67. The molecule has 6 rings (SSSR count). The first-order valence-electron chi connectivity index (χ1n) is 16.3. The van der Waals surface area contributed by atoms with Crippen LogP contribution in [0.15, 0.2) is 24.3 Å². The number of esters is 2. The Hall–Kier alpha value is -3.69. The van der Waals surface area contributed by atoms with E-state index in [0.717, 1.165) is 32.1 Å². The minimum absolute atomic E-state index is 0.0380. The van der Waals surface area contributed by atoms with Gasteiger partial charge in [-0.2, -0.15) is 0 Å². The molecule has 0 N–H and O–H groups in total. The Morgan fingerprint density at radius 2 is 1.80 bits per heavy atom. The maximum Gasteiger partial charge on any atom is 0.328 e. The number of amides is 1. The Bertz CT molecular complexity index is 1480. The Morgan fingerprint density at radius 1 is 1.00 bits per heavy atom. The van der Waals surface area contributed by atoms with Crippen LogP contribution in [-0.2, 0) is 23.9 Å². The molecule has 2 aliphatic carbocycles. The lowest BCUT2D eigenvalue weighted by molar-refractivity contribution is -0.162. The third-order valence-corrected chi connectivity index (χ3v) is 10.3. The fraction of sp³-hybridized carbons (Fsp3) is 0.629. The predicted octanol–water partition coefficient (Wildman–Crippen LogP) is 5.37. The minimum Gasteiger partial charge on any atom is -0.497 e. The van der Waals surface area contributed by atoms with E-state index in [4.69, 9.17) is 28.9 Å². The molecule has 3 fully saturated rings. The van der Waals surface area contributed by atoms with Gasteiger partial charge in [0.25, 0.3) is 0 Å². The summed E-state index contributed by atoms with van der Waals surface area (Å²) in [5.74, 6) is 0.480. The van der Waals surface area contributed by atoms with Gasteiger partial charge in [0.1, 0.15) is 29.7 Å². The van der Waals surface area contributed by atoms with Crippen LogP contribution in [-0.4, -0.2) is 71.7 Å². The minimum atomic E-state index is -0.849. The molecule has 45 heavy (non-hydrogen) atoms. The van der Waals surface area contributed by atoms with Gasteiger partial charge in [-0.15, -0.1) is 0 Å². The van der Waals surface area contributed by atoms with Gasteiger partial charge in [-0.25, -0.2) is 14.8 Å².